The van der Waals surface area contributed by atoms with Crippen molar-refractivity contribution in [3.63, 3.8) is 0 Å². The molecule has 0 N–H and O–H groups in total. The van der Waals surface area contributed by atoms with E-state index in [2.05, 4.69) is 6.92 Å². The maximum Gasteiger partial charge on any atom is 0.240 e. The second-order valence-electron chi connectivity index (χ2n) is 8.07. The zero-order valence-corrected chi connectivity index (χ0v) is 17.5. The Hall–Kier alpha value is -2.41. The number of imide groups is 1. The van der Waals surface area contributed by atoms with E-state index < -0.39 is 5.41 Å². The van der Waals surface area contributed by atoms with E-state index in [1.165, 1.54) is 12.0 Å². The molecule has 0 spiro atoms. The maximum atomic E-state index is 13.5. The second kappa shape index (κ2) is 8.95. The topological polar surface area (TPSA) is 76.2 Å². The zero-order chi connectivity index (χ0) is 21.0. The van der Waals surface area contributed by atoms with Gasteiger partial charge < -0.3 is 14.4 Å². The number of hydrogen-bond acceptors (Lipinski definition) is 5. The number of amides is 3. The number of carbonyl (C=O) groups excluding carboxylic acids is 3. The van der Waals surface area contributed by atoms with Crippen LogP contribution in [0.3, 0.4) is 0 Å². The Labute approximate surface area is 171 Å². The summed E-state index contributed by atoms with van der Waals surface area (Å²) in [6, 6.07) is 7.14. The molecular formula is C22H30N2O5. The molecule has 2 heterocycles. The van der Waals surface area contributed by atoms with E-state index in [-0.39, 0.29) is 43.7 Å². The summed E-state index contributed by atoms with van der Waals surface area (Å²) in [5.74, 6) is 0.526. The van der Waals surface area contributed by atoms with Crippen molar-refractivity contribution in [2.45, 2.75) is 38.0 Å². The van der Waals surface area contributed by atoms with Crippen molar-refractivity contribution in [1.82, 2.24) is 9.80 Å². The van der Waals surface area contributed by atoms with Crippen LogP contribution in [0.2, 0.25) is 0 Å². The van der Waals surface area contributed by atoms with Crippen LogP contribution >= 0.6 is 0 Å². The van der Waals surface area contributed by atoms with Crippen LogP contribution < -0.4 is 4.74 Å². The van der Waals surface area contributed by atoms with Crippen molar-refractivity contribution in [2.24, 2.45) is 5.92 Å². The largest absolute Gasteiger partial charge is 0.497 e. The van der Waals surface area contributed by atoms with Crippen molar-refractivity contribution in [3.8, 4) is 5.75 Å². The molecule has 0 unspecified atom stereocenters. The lowest BCUT2D eigenvalue weighted by Gasteiger charge is -2.34. The Morgan fingerprint density at radius 2 is 1.93 bits per heavy atom. The fraction of sp³-hybridized carbons (Fsp3) is 0.591. The molecule has 7 nitrogen and oxygen atoms in total. The molecule has 0 aromatic heterocycles. The Morgan fingerprint density at radius 3 is 2.59 bits per heavy atom. The highest BCUT2D eigenvalue weighted by atomic mass is 16.5. The molecule has 0 bridgehead atoms. The predicted octanol–water partition coefficient (Wildman–Crippen LogP) is 1.99. The summed E-state index contributed by atoms with van der Waals surface area (Å²) in [5.41, 5.74) is -0.548. The lowest BCUT2D eigenvalue weighted by atomic mass is 9.75. The number of benzene rings is 1. The van der Waals surface area contributed by atoms with Gasteiger partial charge in [-0.15, -0.1) is 0 Å². The number of rotatable bonds is 7. The van der Waals surface area contributed by atoms with E-state index >= 15 is 0 Å². The van der Waals surface area contributed by atoms with E-state index in [0.717, 1.165) is 12.8 Å². The lowest BCUT2D eigenvalue weighted by molar-refractivity contribution is -0.143. The SMILES string of the molecule is COCCN1C(=O)C[C@](CC(=O)N2CCC(C)CC2)(c2cccc(OC)c2)C1=O. The first-order chi connectivity index (χ1) is 13.9. The van der Waals surface area contributed by atoms with Gasteiger partial charge in [-0.2, -0.15) is 0 Å². The molecule has 2 fully saturated rings. The minimum Gasteiger partial charge on any atom is -0.497 e. The number of ether oxygens (including phenoxy) is 2. The quantitative estimate of drug-likeness (QED) is 0.652. The zero-order valence-electron chi connectivity index (χ0n) is 17.5. The smallest absolute Gasteiger partial charge is 0.240 e. The van der Waals surface area contributed by atoms with E-state index in [4.69, 9.17) is 9.47 Å². The number of nitrogens with zero attached hydrogens (tertiary/aromatic N) is 2. The van der Waals surface area contributed by atoms with Gasteiger partial charge in [-0.3, -0.25) is 19.3 Å². The molecular weight excluding hydrogens is 372 g/mol. The Kier molecular flexibility index (Phi) is 6.57. The highest BCUT2D eigenvalue weighted by Gasteiger charge is 2.54. The summed E-state index contributed by atoms with van der Waals surface area (Å²) in [5, 5.41) is 0. The van der Waals surface area contributed by atoms with Crippen LogP contribution in [-0.4, -0.2) is 68.0 Å². The first-order valence-corrected chi connectivity index (χ1v) is 10.2. The summed E-state index contributed by atoms with van der Waals surface area (Å²) >= 11 is 0. The van der Waals surface area contributed by atoms with E-state index in [0.29, 0.717) is 30.3 Å². The van der Waals surface area contributed by atoms with Crippen molar-refractivity contribution in [1.29, 1.82) is 0 Å². The number of methoxy groups -OCH3 is 2. The molecule has 29 heavy (non-hydrogen) atoms. The van der Waals surface area contributed by atoms with Gasteiger partial charge in [0.1, 0.15) is 5.75 Å². The fourth-order valence-corrected chi connectivity index (χ4v) is 4.22. The summed E-state index contributed by atoms with van der Waals surface area (Å²) < 4.78 is 10.4. The number of piperidine rings is 1. The van der Waals surface area contributed by atoms with Gasteiger partial charge in [-0.05, 0) is 36.5 Å². The van der Waals surface area contributed by atoms with Crippen molar-refractivity contribution < 1.29 is 23.9 Å². The molecule has 0 aliphatic carbocycles. The minimum absolute atomic E-state index is 0.0113. The van der Waals surface area contributed by atoms with Crippen molar-refractivity contribution in [3.05, 3.63) is 29.8 Å². The van der Waals surface area contributed by atoms with Crippen molar-refractivity contribution >= 4 is 17.7 Å². The molecule has 2 aliphatic rings. The minimum atomic E-state index is -1.19. The molecule has 3 rings (SSSR count). The average molecular weight is 402 g/mol. The molecule has 2 saturated heterocycles. The maximum absolute atomic E-state index is 13.5. The van der Waals surface area contributed by atoms with Crippen molar-refractivity contribution in [2.75, 3.05) is 40.5 Å². The molecule has 3 amide bonds. The van der Waals surface area contributed by atoms with Gasteiger partial charge in [0.15, 0.2) is 0 Å². The summed E-state index contributed by atoms with van der Waals surface area (Å²) in [6.07, 6.45) is 1.90. The standard InChI is InChI=1S/C22H30N2O5/c1-16-7-9-23(10-8-16)19(25)14-22(17-5-4-6-18(13-17)29-3)15-20(26)24(21(22)27)11-12-28-2/h4-6,13,16H,7-12,14-15H2,1-3H3/t22-/m1/s1. The summed E-state index contributed by atoms with van der Waals surface area (Å²) in [4.78, 5) is 42.4. The summed E-state index contributed by atoms with van der Waals surface area (Å²) in [7, 11) is 3.08. The van der Waals surface area contributed by atoms with Gasteiger partial charge in [0.2, 0.25) is 17.7 Å². The summed E-state index contributed by atoms with van der Waals surface area (Å²) in [6.45, 7) is 4.04. The van der Waals surface area contributed by atoms with Crippen LogP contribution in [0.1, 0.15) is 38.2 Å². The molecule has 1 atom stereocenters. The number of hydrogen-bond donors (Lipinski definition) is 0. The molecule has 158 valence electrons. The third-order valence-electron chi connectivity index (χ3n) is 6.14. The van der Waals surface area contributed by atoms with Crippen LogP contribution in [0.5, 0.6) is 5.75 Å². The van der Waals surface area contributed by atoms with Crippen LogP contribution in [0, 0.1) is 5.92 Å². The predicted molar refractivity (Wildman–Crippen MR) is 107 cm³/mol. The van der Waals surface area contributed by atoms with Gasteiger partial charge in [0, 0.05) is 33.0 Å². The van der Waals surface area contributed by atoms with E-state index in [1.54, 1.807) is 31.4 Å². The molecule has 0 radical (unpaired) electrons. The van der Waals surface area contributed by atoms with Gasteiger partial charge in [0.25, 0.3) is 0 Å². The van der Waals surface area contributed by atoms with Crippen LogP contribution in [-0.2, 0) is 24.5 Å². The highest BCUT2D eigenvalue weighted by Crippen LogP contribution is 2.41. The highest BCUT2D eigenvalue weighted by molar-refractivity contribution is 6.10. The Bertz CT molecular complexity index is 772. The third kappa shape index (κ3) is 4.29. The molecule has 1 aromatic carbocycles. The number of likely N-dealkylation sites (tertiary alicyclic amines) is 2. The number of carbonyl (C=O) groups is 3. The van der Waals surface area contributed by atoms with Gasteiger partial charge in [0.05, 0.1) is 25.7 Å². The average Bonchev–Trinajstić information content (AvgIpc) is 2.97. The fourth-order valence-electron chi connectivity index (χ4n) is 4.22. The Morgan fingerprint density at radius 1 is 1.21 bits per heavy atom. The van der Waals surface area contributed by atoms with Crippen LogP contribution in [0.25, 0.3) is 0 Å². The Balaban J connectivity index is 1.93. The van der Waals surface area contributed by atoms with E-state index in [9.17, 15) is 14.4 Å². The van der Waals surface area contributed by atoms with Crippen LogP contribution in [0.15, 0.2) is 24.3 Å². The lowest BCUT2D eigenvalue weighted by Crippen LogP contribution is -2.45. The normalized spacial score (nSPS) is 23.0. The van der Waals surface area contributed by atoms with Gasteiger partial charge in [-0.25, -0.2) is 0 Å². The van der Waals surface area contributed by atoms with Crippen LogP contribution in [0.4, 0.5) is 0 Å². The first kappa shape index (κ1) is 21.3. The first-order valence-electron chi connectivity index (χ1n) is 10.2. The molecule has 0 saturated carbocycles. The third-order valence-corrected chi connectivity index (χ3v) is 6.14. The molecule has 7 heteroatoms. The van der Waals surface area contributed by atoms with E-state index in [1.807, 2.05) is 4.90 Å². The van der Waals surface area contributed by atoms with Gasteiger partial charge >= 0.3 is 0 Å². The monoisotopic (exact) mass is 402 g/mol. The molecule has 2 aliphatic heterocycles. The molecule has 1 aromatic rings. The van der Waals surface area contributed by atoms with Gasteiger partial charge in [-0.1, -0.05) is 19.1 Å². The second-order valence-corrected chi connectivity index (χ2v) is 8.07.